The number of ether oxygens (including phenoxy) is 1. The normalized spacial score (nSPS) is 10.9. The number of aryl methyl sites for hydroxylation is 2. The van der Waals surface area contributed by atoms with Crippen molar-refractivity contribution in [1.29, 1.82) is 0 Å². The predicted octanol–water partition coefficient (Wildman–Crippen LogP) is 3.55. The van der Waals surface area contributed by atoms with Gasteiger partial charge in [0.15, 0.2) is 5.96 Å². The molecule has 25 heavy (non-hydrogen) atoms. The minimum absolute atomic E-state index is 0. The fraction of sp³-hybridized carbons (Fsp3) is 0.444. The number of hydrogen-bond acceptors (Lipinski definition) is 4. The van der Waals surface area contributed by atoms with Gasteiger partial charge in [-0.05, 0) is 32.9 Å². The molecule has 0 unspecified atom stereocenters. The Balaban J connectivity index is 0.00000312. The second-order valence-electron chi connectivity index (χ2n) is 5.46. The zero-order valence-corrected chi connectivity index (χ0v) is 18.2. The molecule has 2 aromatic rings. The van der Waals surface area contributed by atoms with Crippen LogP contribution in [-0.2, 0) is 6.42 Å². The Morgan fingerprint density at radius 1 is 1.20 bits per heavy atom. The van der Waals surface area contributed by atoms with E-state index in [4.69, 9.17) is 4.74 Å². The van der Waals surface area contributed by atoms with Gasteiger partial charge in [0.1, 0.15) is 12.4 Å². The summed E-state index contributed by atoms with van der Waals surface area (Å²) in [5.74, 6) is 1.71. The van der Waals surface area contributed by atoms with E-state index in [-0.39, 0.29) is 24.0 Å². The Bertz CT molecular complexity index is 643. The van der Waals surface area contributed by atoms with Crippen molar-refractivity contribution < 1.29 is 4.74 Å². The summed E-state index contributed by atoms with van der Waals surface area (Å²) in [4.78, 5) is 10.2. The molecule has 0 amide bonds. The summed E-state index contributed by atoms with van der Waals surface area (Å²) in [6.45, 7) is 9.06. The van der Waals surface area contributed by atoms with Crippen molar-refractivity contribution in [2.24, 2.45) is 4.99 Å². The standard InChI is InChI=1S/C18H26N4OS.HI/c1-4-19-18(20-10-9-17-22-13-15(3)24-17)21-11-12-23-16-7-5-14(2)6-8-16;/h5-8,13H,4,9-12H2,1-3H3,(H2,19,20,21);1H. The third-order valence-corrected chi connectivity index (χ3v) is 4.27. The summed E-state index contributed by atoms with van der Waals surface area (Å²) in [5.41, 5.74) is 1.23. The van der Waals surface area contributed by atoms with Crippen molar-refractivity contribution >= 4 is 41.3 Å². The van der Waals surface area contributed by atoms with E-state index < -0.39 is 0 Å². The van der Waals surface area contributed by atoms with Crippen LogP contribution in [-0.4, -0.2) is 37.2 Å². The largest absolute Gasteiger partial charge is 0.492 e. The first kappa shape index (κ1) is 21.7. The molecule has 138 valence electrons. The van der Waals surface area contributed by atoms with Crippen LogP contribution in [0.15, 0.2) is 35.5 Å². The van der Waals surface area contributed by atoms with Gasteiger partial charge in [-0.1, -0.05) is 17.7 Å². The van der Waals surface area contributed by atoms with E-state index in [2.05, 4.69) is 53.5 Å². The Labute approximate surface area is 171 Å². The first-order valence-corrected chi connectivity index (χ1v) is 9.12. The predicted molar refractivity (Wildman–Crippen MR) is 117 cm³/mol. The molecule has 0 spiro atoms. The second kappa shape index (κ2) is 12.1. The number of rotatable bonds is 8. The van der Waals surface area contributed by atoms with Crippen molar-refractivity contribution in [2.45, 2.75) is 27.2 Å². The van der Waals surface area contributed by atoms with Crippen LogP contribution in [0.4, 0.5) is 0 Å². The van der Waals surface area contributed by atoms with Crippen LogP contribution in [0.3, 0.4) is 0 Å². The van der Waals surface area contributed by atoms with E-state index in [1.54, 1.807) is 11.3 Å². The Morgan fingerprint density at radius 2 is 1.96 bits per heavy atom. The summed E-state index contributed by atoms with van der Waals surface area (Å²) < 4.78 is 5.71. The lowest BCUT2D eigenvalue weighted by molar-refractivity contribution is 0.322. The molecule has 0 saturated heterocycles. The van der Waals surface area contributed by atoms with E-state index in [1.807, 2.05) is 18.3 Å². The van der Waals surface area contributed by atoms with E-state index >= 15 is 0 Å². The smallest absolute Gasteiger partial charge is 0.191 e. The topological polar surface area (TPSA) is 58.5 Å². The second-order valence-corrected chi connectivity index (χ2v) is 6.78. The van der Waals surface area contributed by atoms with Crippen LogP contribution in [0.2, 0.25) is 0 Å². The highest BCUT2D eigenvalue weighted by molar-refractivity contribution is 14.0. The fourth-order valence-electron chi connectivity index (χ4n) is 2.09. The number of nitrogens with zero attached hydrogens (tertiary/aromatic N) is 2. The van der Waals surface area contributed by atoms with Crippen molar-refractivity contribution in [3.63, 3.8) is 0 Å². The van der Waals surface area contributed by atoms with Crippen molar-refractivity contribution in [1.82, 2.24) is 15.6 Å². The number of aliphatic imine (C=N–C) groups is 1. The highest BCUT2D eigenvalue weighted by atomic mass is 127. The summed E-state index contributed by atoms with van der Waals surface area (Å²) in [5, 5.41) is 7.67. The molecule has 2 N–H and O–H groups in total. The third kappa shape index (κ3) is 8.53. The fourth-order valence-corrected chi connectivity index (χ4v) is 2.87. The molecule has 1 aromatic carbocycles. The lowest BCUT2D eigenvalue weighted by Crippen LogP contribution is -2.39. The Kier molecular flexibility index (Phi) is 10.5. The minimum Gasteiger partial charge on any atom is -0.492 e. The van der Waals surface area contributed by atoms with Crippen LogP contribution in [0, 0.1) is 13.8 Å². The van der Waals surface area contributed by atoms with E-state index in [0.717, 1.165) is 36.2 Å². The molecule has 0 aliphatic rings. The van der Waals surface area contributed by atoms with Crippen molar-refractivity contribution in [2.75, 3.05) is 26.2 Å². The summed E-state index contributed by atoms with van der Waals surface area (Å²) >= 11 is 1.73. The van der Waals surface area contributed by atoms with Crippen molar-refractivity contribution in [3.8, 4) is 5.75 Å². The van der Waals surface area contributed by atoms with Crippen LogP contribution < -0.4 is 15.4 Å². The molecule has 0 radical (unpaired) electrons. The zero-order chi connectivity index (χ0) is 17.2. The lowest BCUT2D eigenvalue weighted by Gasteiger charge is -2.12. The first-order chi connectivity index (χ1) is 11.7. The van der Waals surface area contributed by atoms with E-state index in [9.17, 15) is 0 Å². The third-order valence-electron chi connectivity index (χ3n) is 3.29. The highest BCUT2D eigenvalue weighted by Gasteiger charge is 2.00. The van der Waals surface area contributed by atoms with Gasteiger partial charge in [0, 0.05) is 30.6 Å². The summed E-state index contributed by atoms with van der Waals surface area (Å²) in [6.07, 6.45) is 2.78. The highest BCUT2D eigenvalue weighted by Crippen LogP contribution is 2.11. The molecule has 0 bridgehead atoms. The number of nitrogens with one attached hydrogen (secondary N) is 2. The maximum Gasteiger partial charge on any atom is 0.191 e. The van der Waals surface area contributed by atoms with Gasteiger partial charge in [-0.15, -0.1) is 35.3 Å². The maximum absolute atomic E-state index is 5.71. The molecule has 7 heteroatoms. The van der Waals surface area contributed by atoms with Crippen LogP contribution >= 0.6 is 35.3 Å². The number of thiazole rings is 1. The molecular weight excluding hydrogens is 447 g/mol. The van der Waals surface area contributed by atoms with Gasteiger partial charge in [-0.25, -0.2) is 4.98 Å². The van der Waals surface area contributed by atoms with Gasteiger partial charge in [-0.3, -0.25) is 4.99 Å². The zero-order valence-electron chi connectivity index (χ0n) is 15.0. The Hall–Kier alpha value is -1.35. The molecule has 0 aliphatic carbocycles. The van der Waals surface area contributed by atoms with Crippen LogP contribution in [0.5, 0.6) is 5.75 Å². The molecule has 5 nitrogen and oxygen atoms in total. The molecule has 1 heterocycles. The number of aromatic nitrogens is 1. The molecule has 0 atom stereocenters. The first-order valence-electron chi connectivity index (χ1n) is 8.30. The maximum atomic E-state index is 5.71. The van der Waals surface area contributed by atoms with Gasteiger partial charge in [0.25, 0.3) is 0 Å². The quantitative estimate of drug-likeness (QED) is 0.266. The average molecular weight is 474 g/mol. The number of halogens is 1. The molecule has 0 aliphatic heterocycles. The van der Waals surface area contributed by atoms with Crippen molar-refractivity contribution in [3.05, 3.63) is 45.9 Å². The van der Waals surface area contributed by atoms with E-state index in [0.29, 0.717) is 13.2 Å². The molecule has 1 aromatic heterocycles. The molecular formula is C18H27IN4OS. The van der Waals surface area contributed by atoms with Gasteiger partial charge < -0.3 is 15.4 Å². The van der Waals surface area contributed by atoms with Gasteiger partial charge >= 0.3 is 0 Å². The average Bonchev–Trinajstić information content (AvgIpc) is 2.98. The summed E-state index contributed by atoms with van der Waals surface area (Å²) in [6, 6.07) is 8.08. The number of benzene rings is 1. The van der Waals surface area contributed by atoms with E-state index in [1.165, 1.54) is 10.4 Å². The lowest BCUT2D eigenvalue weighted by atomic mass is 10.2. The number of guanidine groups is 1. The molecule has 0 fully saturated rings. The number of hydrogen-bond donors (Lipinski definition) is 2. The van der Waals surface area contributed by atoms with Crippen LogP contribution in [0.1, 0.15) is 22.4 Å². The minimum atomic E-state index is 0. The van der Waals surface area contributed by atoms with Crippen LogP contribution in [0.25, 0.3) is 0 Å². The summed E-state index contributed by atoms with van der Waals surface area (Å²) in [7, 11) is 0. The monoisotopic (exact) mass is 474 g/mol. The molecule has 0 saturated carbocycles. The van der Waals surface area contributed by atoms with Gasteiger partial charge in [-0.2, -0.15) is 0 Å². The van der Waals surface area contributed by atoms with Gasteiger partial charge in [0.05, 0.1) is 11.6 Å². The molecule has 2 rings (SSSR count). The van der Waals surface area contributed by atoms with Gasteiger partial charge in [0.2, 0.25) is 0 Å². The SMILES string of the molecule is CCNC(=NCCc1ncc(C)s1)NCCOc1ccc(C)cc1.I. The Morgan fingerprint density at radius 3 is 2.60 bits per heavy atom.